The predicted molar refractivity (Wildman–Crippen MR) is 114 cm³/mol. The Morgan fingerprint density at radius 1 is 1.12 bits per heavy atom. The van der Waals surface area contributed by atoms with Crippen LogP contribution >= 0.6 is 0 Å². The van der Waals surface area contributed by atoms with Crippen molar-refractivity contribution in [3.8, 4) is 17.2 Å². The number of alkyl halides is 3. The number of nitrogens with zero attached hydrogens (tertiary/aromatic N) is 1. The molecule has 1 aliphatic heterocycles. The maximum absolute atomic E-state index is 13.2. The molecule has 1 atom stereocenters. The average molecular weight is 487 g/mol. The van der Waals surface area contributed by atoms with Gasteiger partial charge in [-0.15, -0.1) is 0 Å². The molecular weight excluding hydrogens is 463 g/mol. The molecule has 1 fully saturated rings. The van der Waals surface area contributed by atoms with E-state index >= 15 is 0 Å². The first-order chi connectivity index (χ1) is 15.3. The van der Waals surface area contributed by atoms with E-state index in [9.17, 15) is 26.4 Å². The zero-order valence-electron chi connectivity index (χ0n) is 18.5. The molecule has 0 saturated carbocycles. The molecular formula is C22H24F3NO6S. The van der Waals surface area contributed by atoms with Crippen LogP contribution in [0.4, 0.5) is 13.2 Å². The van der Waals surface area contributed by atoms with Crippen molar-refractivity contribution < 1.29 is 40.6 Å². The Hall–Kier alpha value is -2.95. The van der Waals surface area contributed by atoms with Crippen LogP contribution in [-0.4, -0.2) is 64.1 Å². The van der Waals surface area contributed by atoms with Crippen molar-refractivity contribution in [1.82, 2.24) is 4.90 Å². The van der Waals surface area contributed by atoms with Crippen LogP contribution in [0.25, 0.3) is 0 Å². The summed E-state index contributed by atoms with van der Waals surface area (Å²) < 4.78 is 79.7. The molecule has 0 bridgehead atoms. The number of methoxy groups -OCH3 is 1. The summed E-state index contributed by atoms with van der Waals surface area (Å²) in [5.41, 5.74) is 0.535. The standard InChI is InChI=1S/C22H24F3NO6S/c1-13-7-5-6-8-16(13)32-15-11-26(12-15)21(27)19-17(31-14(2)22(23,24)25)9-10-18(20(19)30-3)33(4,28)29/h5-10,14-15H,11-12H2,1-4H3/t14-/m0/s1. The molecule has 1 heterocycles. The van der Waals surface area contributed by atoms with Gasteiger partial charge in [-0.05, 0) is 37.6 Å². The van der Waals surface area contributed by atoms with Crippen molar-refractivity contribution in [2.45, 2.75) is 37.1 Å². The first-order valence-corrected chi connectivity index (χ1v) is 11.9. The third-order valence-corrected chi connectivity index (χ3v) is 6.31. The van der Waals surface area contributed by atoms with Gasteiger partial charge in [0.1, 0.15) is 28.1 Å². The van der Waals surface area contributed by atoms with Gasteiger partial charge in [-0.3, -0.25) is 4.79 Å². The van der Waals surface area contributed by atoms with Gasteiger partial charge >= 0.3 is 6.18 Å². The van der Waals surface area contributed by atoms with Gasteiger partial charge in [0.15, 0.2) is 21.7 Å². The van der Waals surface area contributed by atoms with Crippen LogP contribution in [0.3, 0.4) is 0 Å². The van der Waals surface area contributed by atoms with Crippen LogP contribution in [0.2, 0.25) is 0 Å². The Balaban J connectivity index is 1.91. The van der Waals surface area contributed by atoms with E-state index in [-0.39, 0.29) is 35.4 Å². The summed E-state index contributed by atoms with van der Waals surface area (Å²) in [6.07, 6.45) is -6.33. The van der Waals surface area contributed by atoms with Crippen LogP contribution in [0.5, 0.6) is 17.2 Å². The normalized spacial score (nSPS) is 15.5. The molecule has 2 aromatic rings. The lowest BCUT2D eigenvalue weighted by atomic mass is 10.1. The Morgan fingerprint density at radius 3 is 2.30 bits per heavy atom. The number of halogens is 3. The molecule has 1 amide bonds. The number of rotatable bonds is 7. The van der Waals surface area contributed by atoms with Crippen LogP contribution < -0.4 is 14.2 Å². The number of sulfone groups is 1. The highest BCUT2D eigenvalue weighted by molar-refractivity contribution is 7.90. The number of likely N-dealkylation sites (tertiary alicyclic amines) is 1. The lowest BCUT2D eigenvalue weighted by Gasteiger charge is -2.39. The first kappa shape index (κ1) is 24.7. The second-order valence-electron chi connectivity index (χ2n) is 7.76. The van der Waals surface area contributed by atoms with E-state index in [1.165, 1.54) is 4.90 Å². The molecule has 0 N–H and O–H groups in total. The Kier molecular flexibility index (Phi) is 6.83. The fourth-order valence-electron chi connectivity index (χ4n) is 3.30. The summed E-state index contributed by atoms with van der Waals surface area (Å²) in [5, 5.41) is 0. The molecule has 11 heteroatoms. The molecule has 1 aliphatic rings. The number of amides is 1. The van der Waals surface area contributed by atoms with Crippen molar-refractivity contribution in [1.29, 1.82) is 0 Å². The second kappa shape index (κ2) is 9.12. The van der Waals surface area contributed by atoms with Crippen LogP contribution in [0, 0.1) is 6.92 Å². The largest absolute Gasteiger partial charge is 0.494 e. The third-order valence-electron chi connectivity index (χ3n) is 5.19. The summed E-state index contributed by atoms with van der Waals surface area (Å²) in [6.45, 7) is 2.99. The molecule has 2 aromatic carbocycles. The number of benzene rings is 2. The van der Waals surface area contributed by atoms with E-state index < -0.39 is 33.8 Å². The molecule has 3 rings (SSSR count). The van der Waals surface area contributed by atoms with Gasteiger partial charge in [-0.2, -0.15) is 13.2 Å². The molecule has 7 nitrogen and oxygen atoms in total. The van der Waals surface area contributed by atoms with Gasteiger partial charge in [0.25, 0.3) is 5.91 Å². The Bertz CT molecular complexity index is 1140. The lowest BCUT2D eigenvalue weighted by Crippen LogP contribution is -2.56. The van der Waals surface area contributed by atoms with Crippen LogP contribution in [-0.2, 0) is 9.84 Å². The molecule has 180 valence electrons. The van der Waals surface area contributed by atoms with E-state index in [0.29, 0.717) is 5.75 Å². The molecule has 0 unspecified atom stereocenters. The van der Waals surface area contributed by atoms with Gasteiger partial charge < -0.3 is 19.1 Å². The topological polar surface area (TPSA) is 82.1 Å². The molecule has 0 radical (unpaired) electrons. The van der Waals surface area contributed by atoms with Crippen molar-refractivity contribution in [2.75, 3.05) is 26.5 Å². The van der Waals surface area contributed by atoms with Crippen molar-refractivity contribution in [3.05, 3.63) is 47.5 Å². The van der Waals surface area contributed by atoms with Crippen molar-refractivity contribution in [2.24, 2.45) is 0 Å². The molecule has 0 aliphatic carbocycles. The fourth-order valence-corrected chi connectivity index (χ4v) is 4.14. The smallest absolute Gasteiger partial charge is 0.425 e. The minimum absolute atomic E-state index is 0.160. The van der Waals surface area contributed by atoms with E-state index in [4.69, 9.17) is 14.2 Å². The predicted octanol–water partition coefficient (Wildman–Crippen LogP) is 3.64. The first-order valence-electron chi connectivity index (χ1n) is 9.99. The van der Waals surface area contributed by atoms with E-state index in [0.717, 1.165) is 38.0 Å². The molecule has 33 heavy (non-hydrogen) atoms. The molecule has 1 saturated heterocycles. The number of para-hydroxylation sites is 1. The summed E-state index contributed by atoms with van der Waals surface area (Å²) >= 11 is 0. The quantitative estimate of drug-likeness (QED) is 0.593. The number of hydrogen-bond acceptors (Lipinski definition) is 6. The number of carbonyl (C=O) groups excluding carboxylic acids is 1. The number of aryl methyl sites for hydroxylation is 1. The van der Waals surface area contributed by atoms with Gasteiger partial charge in [0.05, 0.1) is 20.2 Å². The van der Waals surface area contributed by atoms with Gasteiger partial charge in [0.2, 0.25) is 0 Å². The zero-order chi connectivity index (χ0) is 24.6. The van der Waals surface area contributed by atoms with Crippen LogP contribution in [0.1, 0.15) is 22.8 Å². The highest BCUT2D eigenvalue weighted by atomic mass is 32.2. The monoisotopic (exact) mass is 487 g/mol. The summed E-state index contributed by atoms with van der Waals surface area (Å²) in [7, 11) is -2.71. The Labute approximate surface area is 190 Å². The second-order valence-corrected chi connectivity index (χ2v) is 9.74. The van der Waals surface area contributed by atoms with E-state index in [2.05, 4.69) is 0 Å². The Morgan fingerprint density at radius 2 is 1.76 bits per heavy atom. The average Bonchev–Trinajstić information content (AvgIpc) is 2.69. The minimum Gasteiger partial charge on any atom is -0.494 e. The highest BCUT2D eigenvalue weighted by Gasteiger charge is 2.41. The SMILES string of the molecule is COc1c(S(C)(=O)=O)ccc(O[C@@H](C)C(F)(F)F)c1C(=O)N1CC(Oc2ccccc2C)C1. The lowest BCUT2D eigenvalue weighted by molar-refractivity contribution is -0.189. The van der Waals surface area contributed by atoms with Crippen LogP contribution in [0.15, 0.2) is 41.3 Å². The van der Waals surface area contributed by atoms with Gasteiger partial charge in [-0.25, -0.2) is 8.42 Å². The number of hydrogen-bond donors (Lipinski definition) is 0. The molecule has 0 aromatic heterocycles. The van der Waals surface area contributed by atoms with E-state index in [1.54, 1.807) is 6.07 Å². The van der Waals surface area contributed by atoms with Gasteiger partial charge in [0, 0.05) is 6.26 Å². The number of ether oxygens (including phenoxy) is 3. The van der Waals surface area contributed by atoms with Crippen molar-refractivity contribution >= 4 is 15.7 Å². The fraction of sp³-hybridized carbons (Fsp3) is 0.409. The summed E-state index contributed by atoms with van der Waals surface area (Å²) in [5.74, 6) is -0.837. The van der Waals surface area contributed by atoms with E-state index in [1.807, 2.05) is 25.1 Å². The maximum Gasteiger partial charge on any atom is 0.425 e. The highest BCUT2D eigenvalue weighted by Crippen LogP contribution is 2.38. The zero-order valence-corrected chi connectivity index (χ0v) is 19.3. The minimum atomic E-state index is -4.69. The van der Waals surface area contributed by atoms with Gasteiger partial charge in [-0.1, -0.05) is 18.2 Å². The summed E-state index contributed by atoms with van der Waals surface area (Å²) in [6, 6.07) is 9.45. The summed E-state index contributed by atoms with van der Waals surface area (Å²) in [4.78, 5) is 14.2. The number of carbonyl (C=O) groups is 1. The third kappa shape index (κ3) is 5.35. The van der Waals surface area contributed by atoms with Crippen molar-refractivity contribution in [3.63, 3.8) is 0 Å². The molecule has 0 spiro atoms. The maximum atomic E-state index is 13.2.